The summed E-state index contributed by atoms with van der Waals surface area (Å²) in [6.45, 7) is 2.12. The number of rotatable bonds is 2. The second-order valence-electron chi connectivity index (χ2n) is 3.46. The summed E-state index contributed by atoms with van der Waals surface area (Å²) in [5.74, 6) is 0.512. The molecule has 15 heavy (non-hydrogen) atoms. The van der Waals surface area contributed by atoms with Gasteiger partial charge in [0.15, 0.2) is 0 Å². The van der Waals surface area contributed by atoms with Crippen LogP contribution >= 0.6 is 12.4 Å². The second-order valence-corrected chi connectivity index (χ2v) is 3.46. The monoisotopic (exact) mass is 227 g/mol. The van der Waals surface area contributed by atoms with Gasteiger partial charge in [0.05, 0.1) is 5.56 Å². The predicted molar refractivity (Wildman–Crippen MR) is 61.4 cm³/mol. The summed E-state index contributed by atoms with van der Waals surface area (Å²) < 4.78 is 0. The van der Waals surface area contributed by atoms with Gasteiger partial charge in [0.25, 0.3) is 0 Å². The zero-order valence-electron chi connectivity index (χ0n) is 8.35. The quantitative estimate of drug-likeness (QED) is 0.826. The lowest BCUT2D eigenvalue weighted by atomic mass is 10.2. The summed E-state index contributed by atoms with van der Waals surface area (Å²) in [7, 11) is 0. The number of pyridine rings is 1. The Morgan fingerprint density at radius 2 is 2.00 bits per heavy atom. The number of hydrogen-bond donors (Lipinski definition) is 1. The Hall–Kier alpha value is -1.29. The Morgan fingerprint density at radius 3 is 2.47 bits per heavy atom. The van der Waals surface area contributed by atoms with Crippen molar-refractivity contribution in [3.05, 3.63) is 23.9 Å². The molecule has 1 fully saturated rings. The van der Waals surface area contributed by atoms with Gasteiger partial charge in [-0.2, -0.15) is 0 Å². The molecule has 0 aliphatic carbocycles. The van der Waals surface area contributed by atoms with Crippen molar-refractivity contribution in [3.63, 3.8) is 0 Å². The van der Waals surface area contributed by atoms with E-state index in [9.17, 15) is 4.79 Å². The Balaban J connectivity index is 0.00000112. The van der Waals surface area contributed by atoms with Crippen molar-refractivity contribution in [1.29, 1.82) is 0 Å². The van der Waals surface area contributed by atoms with Crippen LogP contribution in [-0.2, 0) is 0 Å². The summed E-state index contributed by atoms with van der Waals surface area (Å²) in [6, 6.07) is 3.58. The lowest BCUT2D eigenvalue weighted by molar-refractivity contribution is 0.1000. The van der Waals surface area contributed by atoms with Crippen LogP contribution in [0.4, 0.5) is 5.82 Å². The van der Waals surface area contributed by atoms with Gasteiger partial charge in [-0.05, 0) is 25.0 Å². The van der Waals surface area contributed by atoms with Crippen LogP contribution in [-0.4, -0.2) is 24.0 Å². The average Bonchev–Trinajstić information content (AvgIpc) is 2.71. The van der Waals surface area contributed by atoms with Gasteiger partial charge in [0.1, 0.15) is 5.82 Å². The predicted octanol–water partition coefficient (Wildman–Crippen LogP) is 1.20. The van der Waals surface area contributed by atoms with E-state index in [1.165, 1.54) is 19.0 Å². The molecule has 1 amide bonds. The Kier molecular flexibility index (Phi) is 3.91. The molecule has 1 aliphatic rings. The Bertz CT molecular complexity index is 333. The number of primary amides is 1. The molecule has 0 saturated carbocycles. The molecule has 1 aromatic heterocycles. The molecule has 4 nitrogen and oxygen atoms in total. The van der Waals surface area contributed by atoms with E-state index >= 15 is 0 Å². The van der Waals surface area contributed by atoms with Gasteiger partial charge in [-0.15, -0.1) is 12.4 Å². The first-order valence-electron chi connectivity index (χ1n) is 4.78. The van der Waals surface area contributed by atoms with Crippen LogP contribution < -0.4 is 10.6 Å². The minimum Gasteiger partial charge on any atom is -0.366 e. The fourth-order valence-electron chi connectivity index (χ4n) is 1.67. The molecule has 0 spiro atoms. The second kappa shape index (κ2) is 4.98. The van der Waals surface area contributed by atoms with Crippen molar-refractivity contribution >= 4 is 24.1 Å². The summed E-state index contributed by atoms with van der Waals surface area (Å²) in [4.78, 5) is 17.2. The molecule has 0 radical (unpaired) electrons. The van der Waals surface area contributed by atoms with Crippen LogP contribution in [0.1, 0.15) is 23.2 Å². The maximum atomic E-state index is 10.8. The van der Waals surface area contributed by atoms with Crippen LogP contribution in [0.2, 0.25) is 0 Å². The maximum Gasteiger partial charge on any atom is 0.250 e. The van der Waals surface area contributed by atoms with E-state index in [1.807, 2.05) is 6.07 Å². The van der Waals surface area contributed by atoms with Crippen molar-refractivity contribution < 1.29 is 4.79 Å². The van der Waals surface area contributed by atoms with Crippen LogP contribution in [0.3, 0.4) is 0 Å². The average molecular weight is 228 g/mol. The number of amides is 1. The van der Waals surface area contributed by atoms with Crippen LogP contribution in [0.5, 0.6) is 0 Å². The smallest absolute Gasteiger partial charge is 0.250 e. The minimum atomic E-state index is -0.425. The Labute approximate surface area is 94.9 Å². The molecule has 1 aliphatic heterocycles. The van der Waals surface area contributed by atoms with Gasteiger partial charge in [-0.1, -0.05) is 0 Å². The molecule has 1 aromatic rings. The van der Waals surface area contributed by atoms with E-state index in [4.69, 9.17) is 5.73 Å². The van der Waals surface area contributed by atoms with Crippen molar-refractivity contribution in [2.45, 2.75) is 12.8 Å². The number of nitrogens with zero attached hydrogens (tertiary/aromatic N) is 2. The summed E-state index contributed by atoms with van der Waals surface area (Å²) >= 11 is 0. The van der Waals surface area contributed by atoms with Gasteiger partial charge < -0.3 is 10.6 Å². The molecular formula is C10H14ClN3O. The summed E-state index contributed by atoms with van der Waals surface area (Å²) in [6.07, 6.45) is 3.98. The van der Waals surface area contributed by atoms with E-state index < -0.39 is 5.91 Å². The number of anilines is 1. The normalized spacial score (nSPS) is 14.8. The van der Waals surface area contributed by atoms with Crippen LogP contribution in [0.15, 0.2) is 18.3 Å². The fourth-order valence-corrected chi connectivity index (χ4v) is 1.67. The third kappa shape index (κ3) is 2.59. The van der Waals surface area contributed by atoms with Crippen molar-refractivity contribution in [1.82, 2.24) is 4.98 Å². The maximum absolute atomic E-state index is 10.8. The number of halogens is 1. The van der Waals surface area contributed by atoms with Gasteiger partial charge in [-0.3, -0.25) is 4.79 Å². The lowest BCUT2D eigenvalue weighted by Crippen LogP contribution is -2.19. The number of carbonyl (C=O) groups is 1. The number of nitrogens with two attached hydrogens (primary N) is 1. The number of hydrogen-bond acceptors (Lipinski definition) is 3. The third-order valence-electron chi connectivity index (χ3n) is 2.46. The zero-order chi connectivity index (χ0) is 9.97. The molecule has 0 bridgehead atoms. The van der Waals surface area contributed by atoms with E-state index in [1.54, 1.807) is 6.07 Å². The van der Waals surface area contributed by atoms with E-state index in [0.29, 0.717) is 5.56 Å². The summed E-state index contributed by atoms with van der Waals surface area (Å²) in [5.41, 5.74) is 5.59. The first-order valence-corrected chi connectivity index (χ1v) is 4.78. The van der Waals surface area contributed by atoms with Crippen molar-refractivity contribution in [2.75, 3.05) is 18.0 Å². The first-order chi connectivity index (χ1) is 6.77. The standard InChI is InChI=1S/C10H13N3O.ClH/c11-10(14)8-3-4-9(12-7-8)13-5-1-2-6-13;/h3-4,7H,1-2,5-6H2,(H2,11,14);1H. The number of carbonyl (C=O) groups excluding carboxylic acids is 1. The highest BCUT2D eigenvalue weighted by Crippen LogP contribution is 2.17. The molecule has 0 unspecified atom stereocenters. The third-order valence-corrected chi connectivity index (χ3v) is 2.46. The first kappa shape index (κ1) is 11.8. The van der Waals surface area contributed by atoms with E-state index in [-0.39, 0.29) is 12.4 Å². The van der Waals surface area contributed by atoms with Crippen LogP contribution in [0, 0.1) is 0 Å². The molecule has 82 valence electrons. The Morgan fingerprint density at radius 1 is 1.33 bits per heavy atom. The fraction of sp³-hybridized carbons (Fsp3) is 0.400. The molecule has 2 N–H and O–H groups in total. The van der Waals surface area contributed by atoms with Crippen molar-refractivity contribution in [3.8, 4) is 0 Å². The van der Waals surface area contributed by atoms with Gasteiger partial charge in [0, 0.05) is 19.3 Å². The molecule has 0 aromatic carbocycles. The molecule has 2 rings (SSSR count). The largest absolute Gasteiger partial charge is 0.366 e. The van der Waals surface area contributed by atoms with Crippen molar-refractivity contribution in [2.24, 2.45) is 5.73 Å². The highest BCUT2D eigenvalue weighted by molar-refractivity contribution is 5.92. The van der Waals surface area contributed by atoms with E-state index in [0.717, 1.165) is 18.9 Å². The highest BCUT2D eigenvalue weighted by atomic mass is 35.5. The lowest BCUT2D eigenvalue weighted by Gasteiger charge is -2.15. The molecule has 1 saturated heterocycles. The van der Waals surface area contributed by atoms with Gasteiger partial charge in [0.2, 0.25) is 5.91 Å². The molecule has 5 heteroatoms. The topological polar surface area (TPSA) is 59.2 Å². The molecule has 0 atom stereocenters. The molecular weight excluding hydrogens is 214 g/mol. The molecule has 2 heterocycles. The van der Waals surface area contributed by atoms with Gasteiger partial charge >= 0.3 is 0 Å². The zero-order valence-corrected chi connectivity index (χ0v) is 9.17. The van der Waals surface area contributed by atoms with Gasteiger partial charge in [-0.25, -0.2) is 4.98 Å². The van der Waals surface area contributed by atoms with E-state index in [2.05, 4.69) is 9.88 Å². The summed E-state index contributed by atoms with van der Waals surface area (Å²) in [5, 5.41) is 0. The highest BCUT2D eigenvalue weighted by Gasteiger charge is 2.13. The van der Waals surface area contributed by atoms with Crippen LogP contribution in [0.25, 0.3) is 0 Å². The number of aromatic nitrogens is 1. The minimum absolute atomic E-state index is 0. The SMILES string of the molecule is Cl.NC(=O)c1ccc(N2CCCC2)nc1.